The molecule has 1 atom stereocenters. The minimum absolute atomic E-state index is 0.406. The Kier molecular flexibility index (Phi) is 4.09. The van der Waals surface area contributed by atoms with E-state index < -0.39 is 17.5 Å². The summed E-state index contributed by atoms with van der Waals surface area (Å²) >= 11 is 0. The van der Waals surface area contributed by atoms with Crippen molar-refractivity contribution in [3.63, 3.8) is 0 Å². The van der Waals surface area contributed by atoms with Gasteiger partial charge < -0.3 is 10.2 Å². The molecular weight excluding hydrogens is 252 g/mol. The summed E-state index contributed by atoms with van der Waals surface area (Å²) in [4.78, 5) is 11.7. The van der Waals surface area contributed by atoms with E-state index in [4.69, 9.17) is 0 Å². The van der Waals surface area contributed by atoms with Crippen molar-refractivity contribution in [1.82, 2.24) is 0 Å². The van der Waals surface area contributed by atoms with Crippen LogP contribution in [-0.4, -0.2) is 21.8 Å². The van der Waals surface area contributed by atoms with Gasteiger partial charge in [-0.15, -0.1) is 0 Å². The summed E-state index contributed by atoms with van der Waals surface area (Å²) in [7, 11) is 0. The molecule has 2 rings (SSSR count). The van der Waals surface area contributed by atoms with E-state index in [2.05, 4.69) is 0 Å². The fourth-order valence-electron chi connectivity index (χ4n) is 2.81. The molecule has 2 N–H and O–H groups in total. The Hall–Kier alpha value is -1.87. The maximum atomic E-state index is 11.7. The fourth-order valence-corrected chi connectivity index (χ4v) is 2.81. The highest BCUT2D eigenvalue weighted by molar-refractivity contribution is 5.91. The fraction of sp³-hybridized carbons (Fsp3) is 0.353. The molecule has 0 aromatic heterocycles. The monoisotopic (exact) mass is 272 g/mol. The molecule has 0 aliphatic carbocycles. The lowest BCUT2D eigenvalue weighted by atomic mass is 9.77. The smallest absolute Gasteiger partial charge is 0.313 e. The number of benzene rings is 2. The van der Waals surface area contributed by atoms with E-state index in [1.807, 2.05) is 50.2 Å². The van der Waals surface area contributed by atoms with Gasteiger partial charge >= 0.3 is 5.97 Å². The third kappa shape index (κ3) is 2.41. The zero-order valence-electron chi connectivity index (χ0n) is 11.8. The lowest BCUT2D eigenvalue weighted by Crippen LogP contribution is -2.39. The maximum absolute atomic E-state index is 11.7. The summed E-state index contributed by atoms with van der Waals surface area (Å²) in [5, 5.41) is 22.2. The predicted octanol–water partition coefficient (Wildman–Crippen LogP) is 3.56. The summed E-state index contributed by atoms with van der Waals surface area (Å²) in [6, 6.07) is 13.3. The minimum Gasteiger partial charge on any atom is -0.481 e. The molecule has 2 aromatic rings. The van der Waals surface area contributed by atoms with Gasteiger partial charge in [0.1, 0.15) is 5.92 Å². The number of aliphatic hydroxyl groups is 1. The van der Waals surface area contributed by atoms with Gasteiger partial charge in [0, 0.05) is 0 Å². The van der Waals surface area contributed by atoms with Crippen LogP contribution in [0, 0.1) is 0 Å². The third-order valence-electron chi connectivity index (χ3n) is 4.14. The second-order valence-corrected chi connectivity index (χ2v) is 5.15. The summed E-state index contributed by atoms with van der Waals surface area (Å²) in [6.45, 7) is 3.65. The van der Waals surface area contributed by atoms with Gasteiger partial charge in [-0.25, -0.2) is 0 Å². The standard InChI is InChI=1S/C17H20O3/c1-3-17(20,4-2)15(16(18)19)14-11-7-9-12-8-5-6-10-13(12)14/h5-11,15,20H,3-4H2,1-2H3,(H,18,19)/t15-/m0/s1. The lowest BCUT2D eigenvalue weighted by Gasteiger charge is -2.32. The van der Waals surface area contributed by atoms with Crippen molar-refractivity contribution in [2.45, 2.75) is 38.2 Å². The summed E-state index contributed by atoms with van der Waals surface area (Å²) < 4.78 is 0. The SMILES string of the molecule is CCC(O)(CC)[C@H](C(=O)O)c1cccc2ccccc12. The lowest BCUT2D eigenvalue weighted by molar-refractivity contribution is -0.146. The number of carbonyl (C=O) groups is 1. The van der Waals surface area contributed by atoms with Crippen molar-refractivity contribution in [1.29, 1.82) is 0 Å². The Morgan fingerprint density at radius 3 is 2.30 bits per heavy atom. The average molecular weight is 272 g/mol. The molecule has 0 unspecified atom stereocenters. The minimum atomic E-state index is -1.23. The van der Waals surface area contributed by atoms with Crippen LogP contribution in [0.25, 0.3) is 10.8 Å². The molecule has 0 spiro atoms. The van der Waals surface area contributed by atoms with Crippen LogP contribution in [0.2, 0.25) is 0 Å². The highest BCUT2D eigenvalue weighted by atomic mass is 16.4. The third-order valence-corrected chi connectivity index (χ3v) is 4.14. The van der Waals surface area contributed by atoms with E-state index in [0.29, 0.717) is 18.4 Å². The molecule has 106 valence electrons. The Morgan fingerprint density at radius 2 is 1.70 bits per heavy atom. The molecule has 3 heteroatoms. The van der Waals surface area contributed by atoms with Gasteiger partial charge in [-0.3, -0.25) is 4.79 Å². The summed E-state index contributed by atoms with van der Waals surface area (Å²) in [5.41, 5.74) is -0.544. The number of rotatable bonds is 5. The van der Waals surface area contributed by atoms with E-state index in [1.165, 1.54) is 0 Å². The van der Waals surface area contributed by atoms with E-state index in [9.17, 15) is 15.0 Å². The number of carboxylic acid groups (broad SMARTS) is 1. The van der Waals surface area contributed by atoms with E-state index in [-0.39, 0.29) is 0 Å². The van der Waals surface area contributed by atoms with Crippen molar-refractivity contribution in [3.8, 4) is 0 Å². The zero-order chi connectivity index (χ0) is 14.8. The van der Waals surface area contributed by atoms with Crippen molar-refractivity contribution < 1.29 is 15.0 Å². The Bertz CT molecular complexity index is 609. The van der Waals surface area contributed by atoms with E-state index in [0.717, 1.165) is 10.8 Å². The quantitative estimate of drug-likeness (QED) is 0.875. The van der Waals surface area contributed by atoms with Crippen LogP contribution in [0.1, 0.15) is 38.2 Å². The topological polar surface area (TPSA) is 57.5 Å². The van der Waals surface area contributed by atoms with Crippen LogP contribution in [0.4, 0.5) is 0 Å². The molecule has 0 radical (unpaired) electrons. The predicted molar refractivity (Wildman–Crippen MR) is 79.9 cm³/mol. The molecule has 0 bridgehead atoms. The molecule has 0 heterocycles. The zero-order valence-corrected chi connectivity index (χ0v) is 11.8. The average Bonchev–Trinajstić information content (AvgIpc) is 2.47. The van der Waals surface area contributed by atoms with Crippen LogP contribution in [-0.2, 0) is 4.79 Å². The molecule has 0 aliphatic rings. The van der Waals surface area contributed by atoms with Crippen LogP contribution in [0.5, 0.6) is 0 Å². The number of fused-ring (bicyclic) bond motifs is 1. The normalized spacial score (nSPS) is 13.3. The molecule has 0 saturated carbocycles. The van der Waals surface area contributed by atoms with Crippen LogP contribution in [0.3, 0.4) is 0 Å². The number of carboxylic acids is 1. The molecule has 0 aliphatic heterocycles. The van der Waals surface area contributed by atoms with Gasteiger partial charge in [-0.1, -0.05) is 56.3 Å². The van der Waals surface area contributed by atoms with Gasteiger partial charge in [0.2, 0.25) is 0 Å². The molecular formula is C17H20O3. The van der Waals surface area contributed by atoms with Gasteiger partial charge in [0.25, 0.3) is 0 Å². The molecule has 0 amide bonds. The van der Waals surface area contributed by atoms with Crippen molar-refractivity contribution in [2.75, 3.05) is 0 Å². The number of hydrogen-bond acceptors (Lipinski definition) is 2. The Morgan fingerprint density at radius 1 is 1.10 bits per heavy atom. The van der Waals surface area contributed by atoms with Gasteiger partial charge in [0.05, 0.1) is 5.60 Å². The molecule has 2 aromatic carbocycles. The highest BCUT2D eigenvalue weighted by Gasteiger charge is 2.40. The highest BCUT2D eigenvalue weighted by Crippen LogP contribution is 2.37. The first-order valence-electron chi connectivity index (χ1n) is 6.96. The van der Waals surface area contributed by atoms with E-state index in [1.54, 1.807) is 6.07 Å². The second-order valence-electron chi connectivity index (χ2n) is 5.15. The van der Waals surface area contributed by atoms with Crippen molar-refractivity contribution in [3.05, 3.63) is 48.0 Å². The largest absolute Gasteiger partial charge is 0.481 e. The summed E-state index contributed by atoms with van der Waals surface area (Å²) in [6.07, 6.45) is 0.813. The maximum Gasteiger partial charge on any atom is 0.313 e. The van der Waals surface area contributed by atoms with Crippen LogP contribution in [0.15, 0.2) is 42.5 Å². The number of aliphatic carboxylic acids is 1. The Balaban J connectivity index is 2.67. The van der Waals surface area contributed by atoms with Crippen LogP contribution < -0.4 is 0 Å². The van der Waals surface area contributed by atoms with Gasteiger partial charge in [-0.05, 0) is 29.2 Å². The first-order chi connectivity index (χ1) is 9.53. The molecule has 3 nitrogen and oxygen atoms in total. The van der Waals surface area contributed by atoms with Gasteiger partial charge in [-0.2, -0.15) is 0 Å². The van der Waals surface area contributed by atoms with Crippen molar-refractivity contribution in [2.24, 2.45) is 0 Å². The van der Waals surface area contributed by atoms with Crippen LogP contribution >= 0.6 is 0 Å². The molecule has 20 heavy (non-hydrogen) atoms. The van der Waals surface area contributed by atoms with Crippen molar-refractivity contribution >= 4 is 16.7 Å². The first-order valence-corrected chi connectivity index (χ1v) is 6.96. The summed E-state index contributed by atoms with van der Waals surface area (Å²) in [5.74, 6) is -1.89. The Labute approximate surface area is 118 Å². The second kappa shape index (κ2) is 5.63. The first kappa shape index (κ1) is 14.5. The van der Waals surface area contributed by atoms with E-state index >= 15 is 0 Å². The molecule has 0 saturated heterocycles. The molecule has 0 fully saturated rings. The number of hydrogen-bond donors (Lipinski definition) is 2. The van der Waals surface area contributed by atoms with Gasteiger partial charge in [0.15, 0.2) is 0 Å².